The Morgan fingerprint density at radius 3 is 2.35 bits per heavy atom. The van der Waals surface area contributed by atoms with Crippen molar-refractivity contribution in [2.45, 2.75) is 51.5 Å². The molecule has 1 saturated carbocycles. The predicted octanol–water partition coefficient (Wildman–Crippen LogP) is 5.05. The largest absolute Gasteiger partial charge is 0.382 e. The van der Waals surface area contributed by atoms with E-state index < -0.39 is 0 Å². The van der Waals surface area contributed by atoms with Gasteiger partial charge in [0.1, 0.15) is 5.82 Å². The highest BCUT2D eigenvalue weighted by molar-refractivity contribution is 5.79. The number of hydrogen-bond acceptors (Lipinski definition) is 5. The molecule has 0 spiro atoms. The van der Waals surface area contributed by atoms with E-state index in [1.807, 2.05) is 6.07 Å². The fourth-order valence-electron chi connectivity index (χ4n) is 5.14. The van der Waals surface area contributed by atoms with Crippen LogP contribution in [0.5, 0.6) is 0 Å². The van der Waals surface area contributed by atoms with Crippen molar-refractivity contribution in [2.24, 2.45) is 11.8 Å². The van der Waals surface area contributed by atoms with Gasteiger partial charge in [0.15, 0.2) is 0 Å². The molecule has 4 rings (SSSR count). The summed E-state index contributed by atoms with van der Waals surface area (Å²) in [5, 5.41) is 17.7. The SMILES string of the molecule is Cc1cc(NC2CCC(CNC(=O)C3CCN(c4ccc(F)cc4)CC3)CC2)ccc1[N+](=O)[O-]. The number of piperidine rings is 1. The van der Waals surface area contributed by atoms with Crippen LogP contribution in [0.1, 0.15) is 44.1 Å². The molecule has 1 amide bonds. The Morgan fingerprint density at radius 1 is 1.06 bits per heavy atom. The Morgan fingerprint density at radius 2 is 1.74 bits per heavy atom. The number of nitrogens with one attached hydrogen (secondary N) is 2. The fourth-order valence-corrected chi connectivity index (χ4v) is 5.14. The number of benzene rings is 2. The third kappa shape index (κ3) is 6.04. The minimum absolute atomic E-state index is 0.0417. The molecular weight excluding hydrogens is 435 g/mol. The van der Waals surface area contributed by atoms with Gasteiger partial charge in [-0.15, -0.1) is 0 Å². The third-order valence-corrected chi connectivity index (χ3v) is 7.23. The fraction of sp³-hybridized carbons (Fsp3) is 0.500. The number of nitro benzene ring substituents is 1. The number of carbonyl (C=O) groups is 1. The monoisotopic (exact) mass is 468 g/mol. The van der Waals surface area contributed by atoms with E-state index >= 15 is 0 Å². The summed E-state index contributed by atoms with van der Waals surface area (Å²) in [7, 11) is 0. The van der Waals surface area contributed by atoms with Gasteiger partial charge in [0, 0.05) is 54.6 Å². The van der Waals surface area contributed by atoms with Crippen molar-refractivity contribution >= 4 is 23.0 Å². The zero-order chi connectivity index (χ0) is 24.1. The van der Waals surface area contributed by atoms with E-state index in [1.54, 1.807) is 31.2 Å². The molecule has 2 aromatic carbocycles. The van der Waals surface area contributed by atoms with Crippen molar-refractivity contribution in [3.05, 3.63) is 64.0 Å². The first kappa shape index (κ1) is 24.0. The van der Waals surface area contributed by atoms with E-state index in [2.05, 4.69) is 15.5 Å². The van der Waals surface area contributed by atoms with E-state index in [0.29, 0.717) is 17.5 Å². The summed E-state index contributed by atoms with van der Waals surface area (Å²) >= 11 is 0. The van der Waals surface area contributed by atoms with Gasteiger partial charge in [-0.2, -0.15) is 0 Å². The number of aryl methyl sites for hydroxylation is 1. The molecule has 1 aliphatic carbocycles. The smallest absolute Gasteiger partial charge is 0.272 e. The molecule has 182 valence electrons. The molecule has 0 atom stereocenters. The van der Waals surface area contributed by atoms with Crippen LogP contribution in [0.2, 0.25) is 0 Å². The van der Waals surface area contributed by atoms with Crippen LogP contribution in [0.25, 0.3) is 0 Å². The molecule has 0 unspecified atom stereocenters. The van der Waals surface area contributed by atoms with Crippen molar-refractivity contribution in [3.63, 3.8) is 0 Å². The Balaban J connectivity index is 1.16. The number of hydrogen-bond donors (Lipinski definition) is 2. The normalized spacial score (nSPS) is 21.2. The van der Waals surface area contributed by atoms with Gasteiger partial charge in [-0.3, -0.25) is 14.9 Å². The summed E-state index contributed by atoms with van der Waals surface area (Å²) in [6, 6.07) is 12.1. The molecule has 0 aromatic heterocycles. The minimum Gasteiger partial charge on any atom is -0.382 e. The summed E-state index contributed by atoms with van der Waals surface area (Å²) < 4.78 is 13.1. The molecule has 2 N–H and O–H groups in total. The maximum Gasteiger partial charge on any atom is 0.272 e. The Labute approximate surface area is 199 Å². The molecule has 0 radical (unpaired) electrons. The van der Waals surface area contributed by atoms with Crippen molar-refractivity contribution in [3.8, 4) is 0 Å². The number of nitrogens with zero attached hydrogens (tertiary/aromatic N) is 2. The predicted molar refractivity (Wildman–Crippen MR) is 132 cm³/mol. The molecule has 1 heterocycles. The Kier molecular flexibility index (Phi) is 7.65. The van der Waals surface area contributed by atoms with E-state index in [1.165, 1.54) is 12.1 Å². The van der Waals surface area contributed by atoms with E-state index in [-0.39, 0.29) is 28.3 Å². The van der Waals surface area contributed by atoms with Gasteiger partial charge in [-0.05, 0) is 87.8 Å². The highest BCUT2D eigenvalue weighted by Crippen LogP contribution is 2.29. The maximum absolute atomic E-state index is 13.1. The van der Waals surface area contributed by atoms with Crippen LogP contribution in [-0.4, -0.2) is 36.5 Å². The van der Waals surface area contributed by atoms with Gasteiger partial charge >= 0.3 is 0 Å². The van der Waals surface area contributed by atoms with E-state index in [0.717, 1.165) is 69.5 Å². The average Bonchev–Trinajstić information content (AvgIpc) is 2.84. The summed E-state index contributed by atoms with van der Waals surface area (Å²) in [6.07, 6.45) is 5.77. The van der Waals surface area contributed by atoms with Crippen LogP contribution < -0.4 is 15.5 Å². The second kappa shape index (κ2) is 10.8. The third-order valence-electron chi connectivity index (χ3n) is 7.23. The van der Waals surface area contributed by atoms with Gasteiger partial charge in [-0.25, -0.2) is 4.39 Å². The summed E-state index contributed by atoms with van der Waals surface area (Å²) in [4.78, 5) is 25.6. The minimum atomic E-state index is -0.354. The summed E-state index contributed by atoms with van der Waals surface area (Å²) in [5.41, 5.74) is 2.74. The van der Waals surface area contributed by atoms with Gasteiger partial charge < -0.3 is 15.5 Å². The maximum atomic E-state index is 13.1. The first-order valence-electron chi connectivity index (χ1n) is 12.2. The summed E-state index contributed by atoms with van der Waals surface area (Å²) in [6.45, 7) is 4.10. The second-order valence-electron chi connectivity index (χ2n) is 9.60. The Bertz CT molecular complexity index is 998. The lowest BCUT2D eigenvalue weighted by molar-refractivity contribution is -0.385. The lowest BCUT2D eigenvalue weighted by atomic mass is 9.85. The number of nitro groups is 1. The number of amides is 1. The number of anilines is 2. The lowest BCUT2D eigenvalue weighted by Crippen LogP contribution is -2.42. The van der Waals surface area contributed by atoms with Crippen molar-refractivity contribution in [2.75, 3.05) is 29.9 Å². The standard InChI is InChI=1S/C26H33FN4O3/c1-18-16-23(8-11-25(18)31(33)34)29-22-6-2-19(3-7-22)17-28-26(32)20-12-14-30(15-13-20)24-9-4-21(27)5-10-24/h4-5,8-11,16,19-20,22,29H,2-3,6-7,12-15,17H2,1H3,(H,28,32). The molecule has 34 heavy (non-hydrogen) atoms. The lowest BCUT2D eigenvalue weighted by Gasteiger charge is -2.34. The topological polar surface area (TPSA) is 87.5 Å². The van der Waals surface area contributed by atoms with Gasteiger partial charge in [0.25, 0.3) is 5.69 Å². The molecule has 1 aliphatic heterocycles. The van der Waals surface area contributed by atoms with Crippen LogP contribution in [0.3, 0.4) is 0 Å². The molecule has 7 nitrogen and oxygen atoms in total. The number of rotatable bonds is 7. The molecule has 2 aliphatic rings. The van der Waals surface area contributed by atoms with Gasteiger partial charge in [0.2, 0.25) is 5.91 Å². The van der Waals surface area contributed by atoms with Crippen LogP contribution in [-0.2, 0) is 4.79 Å². The van der Waals surface area contributed by atoms with Crippen molar-refractivity contribution < 1.29 is 14.1 Å². The highest BCUT2D eigenvalue weighted by atomic mass is 19.1. The van der Waals surface area contributed by atoms with E-state index in [9.17, 15) is 19.3 Å². The van der Waals surface area contributed by atoms with Crippen LogP contribution in [0, 0.1) is 34.7 Å². The molecule has 1 saturated heterocycles. The van der Waals surface area contributed by atoms with Crippen LogP contribution >= 0.6 is 0 Å². The van der Waals surface area contributed by atoms with Gasteiger partial charge in [-0.1, -0.05) is 0 Å². The molecular formula is C26H33FN4O3. The van der Waals surface area contributed by atoms with E-state index in [4.69, 9.17) is 0 Å². The van der Waals surface area contributed by atoms with Crippen LogP contribution in [0.15, 0.2) is 42.5 Å². The van der Waals surface area contributed by atoms with Gasteiger partial charge in [0.05, 0.1) is 4.92 Å². The average molecular weight is 469 g/mol. The first-order chi connectivity index (χ1) is 16.4. The zero-order valence-corrected chi connectivity index (χ0v) is 19.6. The first-order valence-corrected chi connectivity index (χ1v) is 12.2. The Hall–Kier alpha value is -3.16. The van der Waals surface area contributed by atoms with Crippen molar-refractivity contribution in [1.29, 1.82) is 0 Å². The number of halogens is 1. The zero-order valence-electron chi connectivity index (χ0n) is 19.6. The van der Waals surface area contributed by atoms with Crippen LogP contribution in [0.4, 0.5) is 21.5 Å². The highest BCUT2D eigenvalue weighted by Gasteiger charge is 2.27. The molecule has 8 heteroatoms. The molecule has 0 bridgehead atoms. The summed E-state index contributed by atoms with van der Waals surface area (Å²) in [5.74, 6) is 0.449. The number of carbonyl (C=O) groups excluding carboxylic acids is 1. The molecule has 2 fully saturated rings. The van der Waals surface area contributed by atoms with Crippen molar-refractivity contribution in [1.82, 2.24) is 5.32 Å². The second-order valence-corrected chi connectivity index (χ2v) is 9.60. The quantitative estimate of drug-likeness (QED) is 0.439. The molecule has 2 aromatic rings.